The zero-order valence-electron chi connectivity index (χ0n) is 13.4. The summed E-state index contributed by atoms with van der Waals surface area (Å²) in [4.78, 5) is 25.7. The first-order valence-electron chi connectivity index (χ1n) is 7.51. The minimum Gasteiger partial charge on any atom is -0.444 e. The standard InChI is InChI=1S/C15H28N2O3/c1-6-12-7-9-17(10-8-12)13(18)11(2)16-14(19)20-15(3,4)5/h11-12H,6-10H2,1-5H3,(H,16,19)/t11-/m1/s1. The fourth-order valence-electron chi connectivity index (χ4n) is 2.38. The molecule has 2 amide bonds. The fourth-order valence-corrected chi connectivity index (χ4v) is 2.38. The van der Waals surface area contributed by atoms with Crippen LogP contribution in [0.3, 0.4) is 0 Å². The molecule has 5 nitrogen and oxygen atoms in total. The zero-order chi connectivity index (χ0) is 15.3. The van der Waals surface area contributed by atoms with Gasteiger partial charge in [0.1, 0.15) is 11.6 Å². The molecule has 0 saturated carbocycles. The molecule has 0 aromatic rings. The van der Waals surface area contributed by atoms with E-state index in [0.717, 1.165) is 31.8 Å². The van der Waals surface area contributed by atoms with Crippen molar-refractivity contribution in [3.05, 3.63) is 0 Å². The average molecular weight is 284 g/mol. The van der Waals surface area contributed by atoms with Crippen molar-refractivity contribution in [3.8, 4) is 0 Å². The number of carbonyl (C=O) groups excluding carboxylic acids is 2. The van der Waals surface area contributed by atoms with Gasteiger partial charge in [-0.1, -0.05) is 13.3 Å². The van der Waals surface area contributed by atoms with Crippen molar-refractivity contribution in [1.29, 1.82) is 0 Å². The molecule has 0 unspecified atom stereocenters. The highest BCUT2D eigenvalue weighted by Crippen LogP contribution is 2.20. The van der Waals surface area contributed by atoms with E-state index in [-0.39, 0.29) is 5.91 Å². The summed E-state index contributed by atoms with van der Waals surface area (Å²) in [5.41, 5.74) is -0.549. The molecule has 1 rings (SSSR count). The fraction of sp³-hybridized carbons (Fsp3) is 0.867. The number of piperidine rings is 1. The Labute approximate surface area is 122 Å². The van der Waals surface area contributed by atoms with Gasteiger partial charge in [-0.2, -0.15) is 0 Å². The third-order valence-electron chi connectivity index (χ3n) is 3.61. The largest absolute Gasteiger partial charge is 0.444 e. The van der Waals surface area contributed by atoms with Crippen molar-refractivity contribution in [2.45, 2.75) is 65.5 Å². The van der Waals surface area contributed by atoms with Crippen LogP contribution in [0.15, 0.2) is 0 Å². The topological polar surface area (TPSA) is 58.6 Å². The van der Waals surface area contributed by atoms with Gasteiger partial charge in [0.25, 0.3) is 0 Å². The smallest absolute Gasteiger partial charge is 0.408 e. The normalized spacial score (nSPS) is 18.6. The van der Waals surface area contributed by atoms with E-state index in [1.807, 2.05) is 4.90 Å². The van der Waals surface area contributed by atoms with Crippen LogP contribution in [0.25, 0.3) is 0 Å². The zero-order valence-corrected chi connectivity index (χ0v) is 13.4. The first-order valence-corrected chi connectivity index (χ1v) is 7.51. The van der Waals surface area contributed by atoms with E-state index in [1.54, 1.807) is 27.7 Å². The van der Waals surface area contributed by atoms with Crippen LogP contribution >= 0.6 is 0 Å². The maximum Gasteiger partial charge on any atom is 0.408 e. The number of amides is 2. The molecule has 1 fully saturated rings. The number of nitrogens with zero attached hydrogens (tertiary/aromatic N) is 1. The SMILES string of the molecule is CCC1CCN(C(=O)[C@@H](C)NC(=O)OC(C)(C)C)CC1. The average Bonchev–Trinajstić information content (AvgIpc) is 2.35. The molecule has 5 heteroatoms. The molecular weight excluding hydrogens is 256 g/mol. The highest BCUT2D eigenvalue weighted by Gasteiger charge is 2.27. The Hall–Kier alpha value is -1.26. The summed E-state index contributed by atoms with van der Waals surface area (Å²) in [6, 6.07) is -0.539. The molecule has 0 aromatic carbocycles. The number of likely N-dealkylation sites (tertiary alicyclic amines) is 1. The van der Waals surface area contributed by atoms with Gasteiger partial charge in [-0.25, -0.2) is 4.79 Å². The molecule has 1 aliphatic heterocycles. The van der Waals surface area contributed by atoms with E-state index in [0.29, 0.717) is 0 Å². The van der Waals surface area contributed by atoms with Crippen LogP contribution in [-0.2, 0) is 9.53 Å². The van der Waals surface area contributed by atoms with Crippen LogP contribution in [0.2, 0.25) is 0 Å². The highest BCUT2D eigenvalue weighted by molar-refractivity contribution is 5.85. The summed E-state index contributed by atoms with van der Waals surface area (Å²) in [5.74, 6) is 0.707. The molecule has 0 bridgehead atoms. The summed E-state index contributed by atoms with van der Waals surface area (Å²) < 4.78 is 5.16. The third kappa shape index (κ3) is 5.39. The molecule has 1 N–H and O–H groups in total. The molecule has 0 aliphatic carbocycles. The monoisotopic (exact) mass is 284 g/mol. The van der Waals surface area contributed by atoms with Crippen LogP contribution < -0.4 is 5.32 Å². The second-order valence-electron chi connectivity index (χ2n) is 6.54. The van der Waals surface area contributed by atoms with Gasteiger partial charge < -0.3 is 15.0 Å². The van der Waals surface area contributed by atoms with Gasteiger partial charge >= 0.3 is 6.09 Å². The van der Waals surface area contributed by atoms with Crippen molar-refractivity contribution in [1.82, 2.24) is 10.2 Å². The molecular formula is C15H28N2O3. The molecule has 1 heterocycles. The lowest BCUT2D eigenvalue weighted by atomic mass is 9.94. The maximum atomic E-state index is 12.2. The van der Waals surface area contributed by atoms with Gasteiger partial charge in [-0.05, 0) is 46.5 Å². The van der Waals surface area contributed by atoms with Crippen LogP contribution in [0.5, 0.6) is 0 Å². The highest BCUT2D eigenvalue weighted by atomic mass is 16.6. The summed E-state index contributed by atoms with van der Waals surface area (Å²) in [7, 11) is 0. The maximum absolute atomic E-state index is 12.2. The van der Waals surface area contributed by atoms with E-state index >= 15 is 0 Å². The van der Waals surface area contributed by atoms with Gasteiger partial charge in [0.05, 0.1) is 0 Å². The number of ether oxygens (including phenoxy) is 1. The molecule has 1 atom stereocenters. The Bertz CT molecular complexity index is 342. The molecule has 1 aliphatic rings. The molecule has 0 spiro atoms. The summed E-state index contributed by atoms with van der Waals surface area (Å²) in [6.07, 6.45) is 2.75. The molecule has 0 aromatic heterocycles. The number of nitrogens with one attached hydrogen (secondary N) is 1. The van der Waals surface area contributed by atoms with Gasteiger partial charge in [0, 0.05) is 13.1 Å². The van der Waals surface area contributed by atoms with E-state index in [2.05, 4.69) is 12.2 Å². The number of hydrogen-bond acceptors (Lipinski definition) is 3. The first-order chi connectivity index (χ1) is 9.23. The lowest BCUT2D eigenvalue weighted by molar-refractivity contribution is -0.134. The van der Waals surface area contributed by atoms with E-state index in [1.165, 1.54) is 6.42 Å². The number of alkyl carbamates (subject to hydrolysis) is 1. The Morgan fingerprint density at radius 2 is 1.85 bits per heavy atom. The molecule has 116 valence electrons. The first kappa shape index (κ1) is 16.8. The van der Waals surface area contributed by atoms with Gasteiger partial charge in [0.2, 0.25) is 5.91 Å². The third-order valence-corrected chi connectivity index (χ3v) is 3.61. The van der Waals surface area contributed by atoms with Crippen LogP contribution in [0, 0.1) is 5.92 Å². The Morgan fingerprint density at radius 1 is 1.30 bits per heavy atom. The van der Waals surface area contributed by atoms with Crippen molar-refractivity contribution in [3.63, 3.8) is 0 Å². The summed E-state index contributed by atoms with van der Waals surface area (Å²) in [5, 5.41) is 2.61. The summed E-state index contributed by atoms with van der Waals surface area (Å²) in [6.45, 7) is 10.9. The van der Waals surface area contributed by atoms with Gasteiger partial charge in [-0.15, -0.1) is 0 Å². The molecule has 20 heavy (non-hydrogen) atoms. The molecule has 0 radical (unpaired) electrons. The number of rotatable bonds is 3. The second kappa shape index (κ2) is 6.95. The minimum atomic E-state index is -0.549. The Morgan fingerprint density at radius 3 is 2.30 bits per heavy atom. The van der Waals surface area contributed by atoms with Crippen LogP contribution in [-0.4, -0.2) is 41.6 Å². The lowest BCUT2D eigenvalue weighted by Gasteiger charge is -2.33. The predicted molar refractivity (Wildman–Crippen MR) is 78.4 cm³/mol. The van der Waals surface area contributed by atoms with Gasteiger partial charge in [0.15, 0.2) is 0 Å². The quantitative estimate of drug-likeness (QED) is 0.866. The number of carbonyl (C=O) groups is 2. The van der Waals surface area contributed by atoms with Gasteiger partial charge in [-0.3, -0.25) is 4.79 Å². The van der Waals surface area contributed by atoms with E-state index < -0.39 is 17.7 Å². The lowest BCUT2D eigenvalue weighted by Crippen LogP contribution is -2.50. The minimum absolute atomic E-state index is 0.0228. The number of hydrogen-bond donors (Lipinski definition) is 1. The van der Waals surface area contributed by atoms with E-state index in [9.17, 15) is 9.59 Å². The predicted octanol–water partition coefficient (Wildman–Crippen LogP) is 2.55. The second-order valence-corrected chi connectivity index (χ2v) is 6.54. The van der Waals surface area contributed by atoms with E-state index in [4.69, 9.17) is 4.74 Å². The van der Waals surface area contributed by atoms with Crippen molar-refractivity contribution in [2.75, 3.05) is 13.1 Å². The molecule has 1 saturated heterocycles. The van der Waals surface area contributed by atoms with Crippen LogP contribution in [0.1, 0.15) is 53.9 Å². The van der Waals surface area contributed by atoms with Crippen molar-refractivity contribution in [2.24, 2.45) is 5.92 Å². The van der Waals surface area contributed by atoms with Crippen LogP contribution in [0.4, 0.5) is 4.79 Å². The van der Waals surface area contributed by atoms with Crippen molar-refractivity contribution >= 4 is 12.0 Å². The Kier molecular flexibility index (Phi) is 5.84. The summed E-state index contributed by atoms with van der Waals surface area (Å²) >= 11 is 0. The van der Waals surface area contributed by atoms with Crippen molar-refractivity contribution < 1.29 is 14.3 Å². The Balaban J connectivity index is 2.41.